The van der Waals surface area contributed by atoms with E-state index in [1.54, 1.807) is 49.4 Å². The Morgan fingerprint density at radius 3 is 2.40 bits per heavy atom. The number of amides is 1. The lowest BCUT2D eigenvalue weighted by atomic mass is 9.85. The molecule has 2 atom stereocenters. The molecule has 0 radical (unpaired) electrons. The summed E-state index contributed by atoms with van der Waals surface area (Å²) in [6.07, 6.45) is 3.79. The van der Waals surface area contributed by atoms with Crippen molar-refractivity contribution in [1.29, 1.82) is 0 Å². The molecule has 7 rings (SSSR count). The second kappa shape index (κ2) is 14.9. The smallest absolute Gasteiger partial charge is 0.414 e. The fraction of sp³-hybridized carbons (Fsp3) is 0.361. The van der Waals surface area contributed by atoms with Gasteiger partial charge in [0.15, 0.2) is 11.5 Å². The summed E-state index contributed by atoms with van der Waals surface area (Å²) >= 11 is 14.1. The molecule has 0 unspecified atom stereocenters. The van der Waals surface area contributed by atoms with Crippen molar-refractivity contribution in [3.63, 3.8) is 0 Å². The Hall–Kier alpha value is -4.23. The number of aromatic hydroxyl groups is 1. The van der Waals surface area contributed by atoms with Gasteiger partial charge in [0.2, 0.25) is 12.4 Å². The van der Waals surface area contributed by atoms with Crippen LogP contribution >= 0.6 is 34.5 Å². The normalized spacial score (nSPS) is 18.8. The number of anilines is 1. The van der Waals surface area contributed by atoms with Crippen molar-refractivity contribution >= 4 is 52.3 Å². The van der Waals surface area contributed by atoms with Gasteiger partial charge in [-0.25, -0.2) is 4.79 Å². The van der Waals surface area contributed by atoms with Crippen molar-refractivity contribution in [1.82, 2.24) is 4.90 Å². The van der Waals surface area contributed by atoms with E-state index in [0.29, 0.717) is 50.9 Å². The van der Waals surface area contributed by atoms with Gasteiger partial charge in [-0.05, 0) is 86.7 Å². The number of phenolic OH excluding ortho intramolecular Hbond substituents is 1. The largest absolute Gasteiger partial charge is 0.544 e. The van der Waals surface area contributed by atoms with Crippen LogP contribution in [-0.4, -0.2) is 67.2 Å². The lowest BCUT2D eigenvalue weighted by Crippen LogP contribution is -2.53. The predicted octanol–water partition coefficient (Wildman–Crippen LogP) is 5.59. The standard InChI is InChI=1S/C36H37Cl2N3O8S/c1-20-29(5-4-6-30(20)42)41(36(45)49-33-19-39-11-9-21(33)10-12-39)16-23-14-25(34(50-23)35(43)44)24(15-26-27(37)17-40(46)18-28(26)38)22-7-8-31(47-2)32(13-22)48-3/h4-8,13-14,17-18,21,24,33H,9-12,15-16,19H2,1-3H3,(H2-,42,43,44,46)/t24-,33-/m0/s1. The zero-order valence-corrected chi connectivity index (χ0v) is 30.1. The molecule has 2 N–H and O–H groups in total. The summed E-state index contributed by atoms with van der Waals surface area (Å²) < 4.78 is 17.9. The Kier molecular flexibility index (Phi) is 10.6. The number of phenols is 1. The number of hydrogen-bond donors (Lipinski definition) is 2. The molecule has 0 spiro atoms. The number of pyridine rings is 1. The average molecular weight is 743 g/mol. The first-order valence-electron chi connectivity index (χ1n) is 16.1. The second-order valence-corrected chi connectivity index (χ2v) is 14.5. The number of carboxylic acids is 1. The Morgan fingerprint density at radius 1 is 1.08 bits per heavy atom. The molecule has 3 saturated heterocycles. The molecule has 14 heteroatoms. The Morgan fingerprint density at radius 2 is 1.78 bits per heavy atom. The molecule has 50 heavy (non-hydrogen) atoms. The lowest BCUT2D eigenvalue weighted by molar-refractivity contribution is -0.904. The number of carbonyl (C=O) groups excluding carboxylic acids is 2. The van der Waals surface area contributed by atoms with E-state index in [4.69, 9.17) is 37.4 Å². The van der Waals surface area contributed by atoms with E-state index in [2.05, 4.69) is 4.90 Å². The minimum Gasteiger partial charge on any atom is -0.544 e. The monoisotopic (exact) mass is 741 g/mol. The van der Waals surface area contributed by atoms with Crippen LogP contribution in [0.25, 0.3) is 0 Å². The molecule has 3 aliphatic heterocycles. The second-order valence-electron chi connectivity index (χ2n) is 12.5. The number of methoxy groups -OCH3 is 2. The maximum Gasteiger partial charge on any atom is 0.414 e. The summed E-state index contributed by atoms with van der Waals surface area (Å²) in [4.78, 5) is 31.0. The quantitative estimate of drug-likeness (QED) is 0.149. The molecule has 2 aromatic heterocycles. The van der Waals surface area contributed by atoms with Crippen molar-refractivity contribution in [3.8, 4) is 17.2 Å². The van der Waals surface area contributed by atoms with Crippen LogP contribution in [0.4, 0.5) is 10.5 Å². The summed E-state index contributed by atoms with van der Waals surface area (Å²) in [5.41, 5.74) is 2.48. The number of fused-ring (bicyclic) bond motifs is 3. The highest BCUT2D eigenvalue weighted by Gasteiger charge is 2.38. The van der Waals surface area contributed by atoms with Gasteiger partial charge in [-0.3, -0.25) is 15.0 Å². The number of ether oxygens (including phenoxy) is 3. The van der Waals surface area contributed by atoms with Gasteiger partial charge in [0, 0.05) is 33.2 Å². The third-order valence-electron chi connectivity index (χ3n) is 9.61. The van der Waals surface area contributed by atoms with Gasteiger partial charge in [-0.1, -0.05) is 35.3 Å². The molecule has 2 bridgehead atoms. The van der Waals surface area contributed by atoms with Crippen LogP contribution in [-0.2, 0) is 17.7 Å². The molecule has 2 aromatic carbocycles. The fourth-order valence-corrected chi connectivity index (χ4v) is 8.57. The molecule has 1 amide bonds. The Bertz CT molecular complexity index is 1890. The van der Waals surface area contributed by atoms with Crippen LogP contribution in [0.2, 0.25) is 10.0 Å². The topological polar surface area (TPSA) is 136 Å². The molecule has 11 nitrogen and oxygen atoms in total. The van der Waals surface area contributed by atoms with Gasteiger partial charge in [0.1, 0.15) is 21.9 Å². The van der Waals surface area contributed by atoms with Crippen LogP contribution in [0, 0.1) is 12.8 Å². The van der Waals surface area contributed by atoms with Crippen molar-refractivity contribution in [2.75, 3.05) is 38.8 Å². The number of carboxylic acid groups (broad SMARTS) is 1. The number of benzene rings is 2. The van der Waals surface area contributed by atoms with Crippen LogP contribution in [0.1, 0.15) is 55.6 Å². The third-order valence-corrected chi connectivity index (χ3v) is 11.4. The maximum absolute atomic E-state index is 14.0. The molecule has 3 fully saturated rings. The van der Waals surface area contributed by atoms with Gasteiger partial charge in [-0.15, -0.1) is 11.3 Å². The van der Waals surface area contributed by atoms with Gasteiger partial charge in [0.25, 0.3) is 0 Å². The highest BCUT2D eigenvalue weighted by Crippen LogP contribution is 2.42. The van der Waals surface area contributed by atoms with Gasteiger partial charge >= 0.3 is 6.09 Å². The van der Waals surface area contributed by atoms with Crippen molar-refractivity contribution < 1.29 is 44.0 Å². The van der Waals surface area contributed by atoms with Gasteiger partial charge in [0.05, 0.1) is 37.3 Å². The highest BCUT2D eigenvalue weighted by atomic mass is 35.5. The van der Waals surface area contributed by atoms with Crippen molar-refractivity contribution in [3.05, 3.63) is 96.9 Å². The number of aromatic nitrogens is 1. The van der Waals surface area contributed by atoms with Crippen molar-refractivity contribution in [2.24, 2.45) is 5.92 Å². The third kappa shape index (κ3) is 7.29. The zero-order valence-electron chi connectivity index (χ0n) is 27.7. The van der Waals surface area contributed by atoms with Gasteiger partial charge in [-0.2, -0.15) is 0 Å². The first-order valence-corrected chi connectivity index (χ1v) is 17.7. The first-order chi connectivity index (χ1) is 24.0. The van der Waals surface area contributed by atoms with E-state index in [1.165, 1.54) is 31.5 Å². The minimum atomic E-state index is -1.39. The summed E-state index contributed by atoms with van der Waals surface area (Å²) in [5.74, 6) is -0.841. The maximum atomic E-state index is 14.0. The highest BCUT2D eigenvalue weighted by molar-refractivity contribution is 7.14. The van der Waals surface area contributed by atoms with Crippen LogP contribution in [0.3, 0.4) is 0 Å². The number of rotatable bonds is 11. The van der Waals surface area contributed by atoms with Crippen LogP contribution < -0.4 is 24.2 Å². The zero-order chi connectivity index (χ0) is 35.7. The number of nitrogens with zero attached hydrogens (tertiary/aromatic N) is 3. The van der Waals surface area contributed by atoms with E-state index in [0.717, 1.165) is 42.0 Å². The Labute approximate surface area is 303 Å². The van der Waals surface area contributed by atoms with E-state index < -0.39 is 18.0 Å². The molecular formula is C36H37Cl2N3O8S. The number of hydrogen-bond acceptors (Lipinski definition) is 10. The van der Waals surface area contributed by atoms with Crippen molar-refractivity contribution in [2.45, 2.75) is 44.8 Å². The average Bonchev–Trinajstić information content (AvgIpc) is 3.52. The number of thiophene rings is 1. The molecule has 3 aliphatic rings. The minimum absolute atomic E-state index is 0.0137. The fourth-order valence-electron chi connectivity index (χ4n) is 6.92. The predicted molar refractivity (Wildman–Crippen MR) is 186 cm³/mol. The van der Waals surface area contributed by atoms with E-state index in [1.807, 2.05) is 0 Å². The SMILES string of the molecule is COc1ccc([C@H](Cc2c(Cl)c[n+](O)cc2Cl)c2cc(CN(C(=O)O[C@H]3CN4CCC3CC4)c3cccc(O)c3C)sc2C(=O)[O-])cc1OC. The summed E-state index contributed by atoms with van der Waals surface area (Å²) in [6, 6.07) is 11.9. The summed E-state index contributed by atoms with van der Waals surface area (Å²) in [7, 11) is 3.02. The molecule has 0 saturated carbocycles. The number of carbonyl (C=O) groups is 2. The number of halogens is 2. The van der Waals surface area contributed by atoms with E-state index in [9.17, 15) is 25.0 Å². The number of piperidine rings is 3. The summed E-state index contributed by atoms with van der Waals surface area (Å²) in [6.45, 7) is 4.31. The Balaban J connectivity index is 1.42. The molecule has 264 valence electrons. The van der Waals surface area contributed by atoms with Crippen LogP contribution in [0.5, 0.6) is 17.2 Å². The molecule has 5 heterocycles. The van der Waals surface area contributed by atoms with Crippen LogP contribution in [0.15, 0.2) is 54.9 Å². The summed E-state index contributed by atoms with van der Waals surface area (Å²) in [5, 5.41) is 33.7. The number of aromatic carboxylic acids is 1. The molecule has 0 aliphatic carbocycles. The first kappa shape index (κ1) is 35.6. The van der Waals surface area contributed by atoms with E-state index in [-0.39, 0.29) is 45.7 Å². The van der Waals surface area contributed by atoms with Gasteiger partial charge < -0.3 is 29.2 Å². The molecular weight excluding hydrogens is 705 g/mol. The molecule has 4 aromatic rings. The van der Waals surface area contributed by atoms with E-state index >= 15 is 0 Å². The lowest BCUT2D eigenvalue weighted by Gasteiger charge is -2.44.